The zero-order valence-corrected chi connectivity index (χ0v) is 20.2. The van der Waals surface area contributed by atoms with Crippen LogP contribution >= 0.6 is 0 Å². The predicted molar refractivity (Wildman–Crippen MR) is 124 cm³/mol. The highest BCUT2D eigenvalue weighted by atomic mass is 32.2. The van der Waals surface area contributed by atoms with Crippen LogP contribution in [0, 0.1) is 6.92 Å². The van der Waals surface area contributed by atoms with Crippen LogP contribution in [0.5, 0.6) is 0 Å². The van der Waals surface area contributed by atoms with E-state index >= 15 is 0 Å². The third-order valence-corrected chi connectivity index (χ3v) is 5.89. The molecule has 0 saturated heterocycles. The van der Waals surface area contributed by atoms with Crippen molar-refractivity contribution < 1.29 is 22.2 Å². The molecule has 0 spiro atoms. The summed E-state index contributed by atoms with van der Waals surface area (Å²) < 4.78 is 32.2. The molecule has 0 aliphatic carbocycles. The molecular weight excluding hydrogens is 414 g/mol. The summed E-state index contributed by atoms with van der Waals surface area (Å²) in [4.78, 5) is 13.8. The molecule has 0 bridgehead atoms. The zero-order chi connectivity index (χ0) is 23.7. The van der Waals surface area contributed by atoms with Crippen LogP contribution in [0.1, 0.15) is 29.3 Å². The number of carbonyl (C=O) groups is 1. The molecule has 2 rings (SSSR count). The van der Waals surface area contributed by atoms with E-state index in [1.165, 1.54) is 12.1 Å². The Labute approximate surface area is 187 Å². The Morgan fingerprint density at radius 2 is 1.58 bits per heavy atom. The SMILES string of the molecule is CC[N+](C)(C)CCCNC(=O)c1ccc(N(C)C)cc1.Cc1ccc(S(=O)(=O)[O-])cc1. The molecule has 1 N–H and O–H groups in total. The molecule has 0 heterocycles. The van der Waals surface area contributed by atoms with Crippen molar-refractivity contribution in [1.29, 1.82) is 0 Å². The number of nitrogens with one attached hydrogen (secondary N) is 1. The minimum absolute atomic E-state index is 0.0112. The number of amides is 1. The van der Waals surface area contributed by atoms with Crippen LogP contribution in [-0.4, -0.2) is 71.2 Å². The average Bonchev–Trinajstić information content (AvgIpc) is 2.71. The number of hydrogen-bond acceptors (Lipinski definition) is 5. The summed E-state index contributed by atoms with van der Waals surface area (Å²) in [7, 11) is 4.13. The maximum atomic E-state index is 12.0. The number of aryl methyl sites for hydroxylation is 1. The minimum Gasteiger partial charge on any atom is -0.744 e. The molecule has 0 aromatic heterocycles. The third kappa shape index (κ3) is 9.95. The van der Waals surface area contributed by atoms with Gasteiger partial charge in [-0.15, -0.1) is 0 Å². The molecule has 0 atom stereocenters. The molecule has 0 unspecified atom stereocenters. The Balaban J connectivity index is 0.000000367. The second kappa shape index (κ2) is 11.8. The van der Waals surface area contributed by atoms with Crippen molar-refractivity contribution in [2.45, 2.75) is 25.2 Å². The number of carbonyl (C=O) groups excluding carboxylic acids is 1. The van der Waals surface area contributed by atoms with Crippen molar-refractivity contribution in [2.24, 2.45) is 0 Å². The molecule has 0 saturated carbocycles. The van der Waals surface area contributed by atoms with Gasteiger partial charge in [-0.3, -0.25) is 4.79 Å². The van der Waals surface area contributed by atoms with Crippen molar-refractivity contribution in [1.82, 2.24) is 5.32 Å². The molecule has 0 aliphatic heterocycles. The summed E-state index contributed by atoms with van der Waals surface area (Å²) in [5.74, 6) is 0.0112. The Morgan fingerprint density at radius 1 is 1.03 bits per heavy atom. The Morgan fingerprint density at radius 3 is 2.03 bits per heavy atom. The highest BCUT2D eigenvalue weighted by Gasteiger charge is 2.11. The van der Waals surface area contributed by atoms with Gasteiger partial charge in [-0.25, -0.2) is 8.42 Å². The van der Waals surface area contributed by atoms with Gasteiger partial charge in [0.2, 0.25) is 0 Å². The maximum absolute atomic E-state index is 12.0. The Bertz CT molecular complexity index is 922. The molecule has 0 aliphatic rings. The van der Waals surface area contributed by atoms with E-state index in [2.05, 4.69) is 26.3 Å². The van der Waals surface area contributed by atoms with Crippen LogP contribution in [-0.2, 0) is 10.1 Å². The number of hydrogen-bond donors (Lipinski definition) is 1. The standard InChI is InChI=1S/C16H27N3O.C7H8O3S/c1-6-19(4,5)13-7-12-17-16(20)14-8-10-15(11-9-14)18(2)3;1-6-2-4-7(5-3-6)11(8,9)10/h8-11H,6-7,12-13H2,1-5H3;2-5H,1H3,(H,8,9,10). The number of anilines is 1. The smallest absolute Gasteiger partial charge is 0.251 e. The van der Waals surface area contributed by atoms with Gasteiger partial charge in [0.15, 0.2) is 0 Å². The van der Waals surface area contributed by atoms with Gasteiger partial charge in [-0.05, 0) is 50.2 Å². The Kier molecular flexibility index (Phi) is 10.2. The maximum Gasteiger partial charge on any atom is 0.251 e. The molecule has 2 aromatic carbocycles. The summed E-state index contributed by atoms with van der Waals surface area (Å²) in [5, 5.41) is 2.98. The second-order valence-corrected chi connectivity index (χ2v) is 9.67. The molecular formula is C23H35N3O4S. The van der Waals surface area contributed by atoms with Crippen molar-refractivity contribution in [3.63, 3.8) is 0 Å². The lowest BCUT2D eigenvalue weighted by Crippen LogP contribution is -2.41. The van der Waals surface area contributed by atoms with Crippen LogP contribution in [0.3, 0.4) is 0 Å². The van der Waals surface area contributed by atoms with E-state index in [1.54, 1.807) is 12.1 Å². The van der Waals surface area contributed by atoms with Crippen LogP contribution < -0.4 is 10.2 Å². The largest absolute Gasteiger partial charge is 0.744 e. The van der Waals surface area contributed by atoms with E-state index in [0.29, 0.717) is 0 Å². The Hall–Kier alpha value is -2.42. The van der Waals surface area contributed by atoms with E-state index in [-0.39, 0.29) is 10.8 Å². The van der Waals surface area contributed by atoms with E-state index in [4.69, 9.17) is 0 Å². The second-order valence-electron chi connectivity index (χ2n) is 8.29. The van der Waals surface area contributed by atoms with E-state index in [0.717, 1.165) is 47.4 Å². The molecule has 31 heavy (non-hydrogen) atoms. The van der Waals surface area contributed by atoms with Crippen LogP contribution in [0.15, 0.2) is 53.4 Å². The highest BCUT2D eigenvalue weighted by molar-refractivity contribution is 7.85. The molecule has 8 heteroatoms. The lowest BCUT2D eigenvalue weighted by atomic mass is 10.2. The first-order valence-electron chi connectivity index (χ1n) is 10.3. The van der Waals surface area contributed by atoms with Gasteiger partial charge in [-0.2, -0.15) is 0 Å². The highest BCUT2D eigenvalue weighted by Crippen LogP contribution is 2.12. The first-order chi connectivity index (χ1) is 14.4. The molecule has 0 fully saturated rings. The topological polar surface area (TPSA) is 89.5 Å². The lowest BCUT2D eigenvalue weighted by Gasteiger charge is -2.28. The summed E-state index contributed by atoms with van der Waals surface area (Å²) in [5.41, 5.74) is 2.75. The quantitative estimate of drug-likeness (QED) is 0.380. The van der Waals surface area contributed by atoms with Crippen molar-refractivity contribution in [2.75, 3.05) is 52.7 Å². The molecule has 172 valence electrons. The van der Waals surface area contributed by atoms with Gasteiger partial charge in [0, 0.05) is 38.3 Å². The van der Waals surface area contributed by atoms with Gasteiger partial charge >= 0.3 is 0 Å². The van der Waals surface area contributed by atoms with Crippen molar-refractivity contribution >= 4 is 21.7 Å². The fourth-order valence-electron chi connectivity index (χ4n) is 2.59. The molecule has 2 aromatic rings. The van der Waals surface area contributed by atoms with E-state index in [1.807, 2.05) is 50.2 Å². The van der Waals surface area contributed by atoms with Crippen LogP contribution in [0.2, 0.25) is 0 Å². The van der Waals surface area contributed by atoms with Crippen molar-refractivity contribution in [3.05, 3.63) is 59.7 Å². The van der Waals surface area contributed by atoms with Crippen LogP contribution in [0.4, 0.5) is 5.69 Å². The lowest BCUT2D eigenvalue weighted by molar-refractivity contribution is -0.888. The molecule has 7 nitrogen and oxygen atoms in total. The summed E-state index contributed by atoms with van der Waals surface area (Å²) >= 11 is 0. The van der Waals surface area contributed by atoms with Gasteiger partial charge in [0.05, 0.1) is 32.1 Å². The first-order valence-corrected chi connectivity index (χ1v) is 11.7. The van der Waals surface area contributed by atoms with Gasteiger partial charge in [0.1, 0.15) is 10.1 Å². The van der Waals surface area contributed by atoms with E-state index in [9.17, 15) is 17.8 Å². The van der Waals surface area contributed by atoms with E-state index < -0.39 is 10.1 Å². The summed E-state index contributed by atoms with van der Waals surface area (Å²) in [6.07, 6.45) is 1.00. The fraction of sp³-hybridized carbons (Fsp3) is 0.435. The number of quaternary nitrogens is 1. The number of nitrogens with zero attached hydrogens (tertiary/aromatic N) is 2. The monoisotopic (exact) mass is 449 g/mol. The number of benzene rings is 2. The van der Waals surface area contributed by atoms with Crippen LogP contribution in [0.25, 0.3) is 0 Å². The molecule has 0 radical (unpaired) electrons. The van der Waals surface area contributed by atoms with Gasteiger partial charge in [-0.1, -0.05) is 17.7 Å². The third-order valence-electron chi connectivity index (χ3n) is 5.04. The summed E-state index contributed by atoms with van der Waals surface area (Å²) in [6, 6.07) is 13.5. The van der Waals surface area contributed by atoms with Crippen molar-refractivity contribution in [3.8, 4) is 0 Å². The summed E-state index contributed by atoms with van der Waals surface area (Å²) in [6.45, 7) is 6.93. The predicted octanol–water partition coefficient (Wildman–Crippen LogP) is 2.87. The van der Waals surface area contributed by atoms with Gasteiger partial charge in [0.25, 0.3) is 5.91 Å². The first kappa shape index (κ1) is 26.6. The minimum atomic E-state index is -4.27. The zero-order valence-electron chi connectivity index (χ0n) is 19.4. The molecule has 1 amide bonds. The fourth-order valence-corrected chi connectivity index (χ4v) is 3.05. The normalized spacial score (nSPS) is 11.3. The average molecular weight is 450 g/mol. The number of rotatable bonds is 8. The van der Waals surface area contributed by atoms with Gasteiger partial charge < -0.3 is 19.3 Å².